The predicted molar refractivity (Wildman–Crippen MR) is 99.8 cm³/mol. The number of hydrogen-bond donors (Lipinski definition) is 1. The fraction of sp³-hybridized carbons (Fsp3) is 0.350. The summed E-state index contributed by atoms with van der Waals surface area (Å²) in [5.41, 5.74) is 7.84. The average Bonchev–Trinajstić information content (AvgIpc) is 3.03. The Hall–Kier alpha value is -2.73. The van der Waals surface area contributed by atoms with Crippen molar-refractivity contribution in [3.05, 3.63) is 48.3 Å². The van der Waals surface area contributed by atoms with Crippen LogP contribution in [-0.4, -0.2) is 29.4 Å². The molecule has 2 aromatic carbocycles. The van der Waals surface area contributed by atoms with Crippen molar-refractivity contribution in [1.29, 1.82) is 0 Å². The van der Waals surface area contributed by atoms with Crippen LogP contribution >= 0.6 is 0 Å². The van der Waals surface area contributed by atoms with E-state index in [1.807, 2.05) is 42.5 Å². The van der Waals surface area contributed by atoms with Crippen molar-refractivity contribution in [2.75, 3.05) is 19.8 Å². The van der Waals surface area contributed by atoms with Gasteiger partial charge in [-0.3, -0.25) is 0 Å². The number of nitrogens with two attached hydrogens (primary N) is 1. The van der Waals surface area contributed by atoms with Gasteiger partial charge in [-0.2, -0.15) is 0 Å². The van der Waals surface area contributed by atoms with E-state index in [2.05, 4.69) is 9.55 Å². The second kappa shape index (κ2) is 7.66. The van der Waals surface area contributed by atoms with Gasteiger partial charge in [0.25, 0.3) is 0 Å². The number of ether oxygens (including phenoxy) is 3. The summed E-state index contributed by atoms with van der Waals surface area (Å²) < 4.78 is 19.3. The van der Waals surface area contributed by atoms with Gasteiger partial charge in [-0.25, -0.2) is 4.98 Å². The predicted octanol–water partition coefficient (Wildman–Crippen LogP) is 3.13. The Kier molecular flexibility index (Phi) is 4.93. The Bertz CT molecular complexity index is 877. The largest absolute Gasteiger partial charge is 0.494 e. The van der Waals surface area contributed by atoms with E-state index in [-0.39, 0.29) is 0 Å². The molecule has 0 amide bonds. The first-order valence-corrected chi connectivity index (χ1v) is 9.02. The second-order valence-electron chi connectivity index (χ2n) is 6.24. The second-order valence-corrected chi connectivity index (χ2v) is 6.24. The van der Waals surface area contributed by atoms with Gasteiger partial charge in [0, 0.05) is 18.7 Å². The van der Waals surface area contributed by atoms with Gasteiger partial charge in [0.1, 0.15) is 24.8 Å². The van der Waals surface area contributed by atoms with Crippen LogP contribution in [0.2, 0.25) is 0 Å². The first-order chi connectivity index (χ1) is 12.8. The van der Waals surface area contributed by atoms with Crippen molar-refractivity contribution >= 4 is 11.0 Å². The molecular weight excluding hydrogens is 330 g/mol. The SMILES string of the molecule is NCc1nc2cc3c(cc2n1CCCCOc1ccccc1)OCCO3. The van der Waals surface area contributed by atoms with Crippen LogP contribution in [0.1, 0.15) is 18.7 Å². The van der Waals surface area contributed by atoms with Gasteiger partial charge in [0.05, 0.1) is 24.2 Å². The molecule has 2 N–H and O–H groups in total. The van der Waals surface area contributed by atoms with Crippen molar-refractivity contribution < 1.29 is 14.2 Å². The molecule has 0 atom stereocenters. The Labute approximate surface area is 152 Å². The molecule has 4 rings (SSSR count). The van der Waals surface area contributed by atoms with Crippen LogP contribution in [0.25, 0.3) is 11.0 Å². The topological polar surface area (TPSA) is 71.5 Å². The zero-order valence-electron chi connectivity index (χ0n) is 14.7. The summed E-state index contributed by atoms with van der Waals surface area (Å²) in [5.74, 6) is 3.33. The van der Waals surface area contributed by atoms with E-state index in [0.717, 1.165) is 53.5 Å². The quantitative estimate of drug-likeness (QED) is 0.661. The molecule has 1 aliphatic rings. The number of hydrogen-bond acceptors (Lipinski definition) is 5. The maximum Gasteiger partial charge on any atom is 0.163 e. The minimum Gasteiger partial charge on any atom is -0.494 e. The molecule has 6 nitrogen and oxygen atoms in total. The third-order valence-electron chi connectivity index (χ3n) is 4.46. The van der Waals surface area contributed by atoms with E-state index < -0.39 is 0 Å². The lowest BCUT2D eigenvalue weighted by Crippen LogP contribution is -2.15. The summed E-state index contributed by atoms with van der Waals surface area (Å²) in [6, 6.07) is 13.8. The summed E-state index contributed by atoms with van der Waals surface area (Å²) in [4.78, 5) is 4.66. The highest BCUT2D eigenvalue weighted by molar-refractivity contribution is 5.80. The van der Waals surface area contributed by atoms with E-state index in [4.69, 9.17) is 19.9 Å². The lowest BCUT2D eigenvalue weighted by molar-refractivity contribution is 0.172. The zero-order chi connectivity index (χ0) is 17.8. The fourth-order valence-corrected chi connectivity index (χ4v) is 3.20. The number of nitrogens with zero attached hydrogens (tertiary/aromatic N) is 2. The number of para-hydroxylation sites is 1. The molecule has 136 valence electrons. The maximum absolute atomic E-state index is 5.90. The number of unbranched alkanes of at least 4 members (excludes halogenated alkanes) is 1. The molecular formula is C20H23N3O3. The van der Waals surface area contributed by atoms with E-state index >= 15 is 0 Å². The normalized spacial score (nSPS) is 13.1. The summed E-state index contributed by atoms with van der Waals surface area (Å²) in [6.07, 6.45) is 1.95. The minimum atomic E-state index is 0.404. The van der Waals surface area contributed by atoms with Crippen LogP contribution in [-0.2, 0) is 13.1 Å². The van der Waals surface area contributed by atoms with Crippen molar-refractivity contribution in [2.24, 2.45) is 5.73 Å². The highest BCUT2D eigenvalue weighted by Gasteiger charge is 2.17. The number of aromatic nitrogens is 2. The van der Waals surface area contributed by atoms with E-state index in [0.29, 0.717) is 26.4 Å². The molecule has 0 aliphatic carbocycles. The molecule has 0 fully saturated rings. The van der Waals surface area contributed by atoms with Crippen LogP contribution in [0.3, 0.4) is 0 Å². The summed E-state index contributed by atoms with van der Waals surface area (Å²) in [6.45, 7) is 3.10. The molecule has 2 heterocycles. The van der Waals surface area contributed by atoms with Crippen molar-refractivity contribution in [1.82, 2.24) is 9.55 Å². The molecule has 1 aromatic heterocycles. The number of rotatable bonds is 7. The van der Waals surface area contributed by atoms with Crippen molar-refractivity contribution in [2.45, 2.75) is 25.9 Å². The monoisotopic (exact) mass is 353 g/mol. The molecule has 0 bridgehead atoms. The van der Waals surface area contributed by atoms with Gasteiger partial charge in [-0.05, 0) is 25.0 Å². The number of fused-ring (bicyclic) bond motifs is 2. The fourth-order valence-electron chi connectivity index (χ4n) is 3.20. The van der Waals surface area contributed by atoms with Gasteiger partial charge >= 0.3 is 0 Å². The molecule has 3 aromatic rings. The van der Waals surface area contributed by atoms with Crippen molar-refractivity contribution in [3.63, 3.8) is 0 Å². The highest BCUT2D eigenvalue weighted by atomic mass is 16.6. The van der Waals surface area contributed by atoms with Crippen LogP contribution in [0.15, 0.2) is 42.5 Å². The van der Waals surface area contributed by atoms with Gasteiger partial charge < -0.3 is 24.5 Å². The van der Waals surface area contributed by atoms with E-state index in [1.54, 1.807) is 0 Å². The number of benzene rings is 2. The van der Waals surface area contributed by atoms with Crippen molar-refractivity contribution in [3.8, 4) is 17.2 Å². The molecule has 0 saturated heterocycles. The maximum atomic E-state index is 5.90. The molecule has 1 aliphatic heterocycles. The van der Waals surface area contributed by atoms with E-state index in [9.17, 15) is 0 Å². The molecule has 0 radical (unpaired) electrons. The minimum absolute atomic E-state index is 0.404. The van der Waals surface area contributed by atoms with E-state index in [1.165, 1.54) is 0 Å². The summed E-state index contributed by atoms with van der Waals surface area (Å²) >= 11 is 0. The number of imidazole rings is 1. The van der Waals surface area contributed by atoms with Gasteiger partial charge in [-0.15, -0.1) is 0 Å². The Morgan fingerprint density at radius 3 is 2.58 bits per heavy atom. The molecule has 0 saturated carbocycles. The van der Waals surface area contributed by atoms with Crippen LogP contribution in [0, 0.1) is 0 Å². The zero-order valence-corrected chi connectivity index (χ0v) is 14.7. The third kappa shape index (κ3) is 3.46. The molecule has 6 heteroatoms. The first-order valence-electron chi connectivity index (χ1n) is 9.02. The summed E-state index contributed by atoms with van der Waals surface area (Å²) in [5, 5.41) is 0. The third-order valence-corrected chi connectivity index (χ3v) is 4.46. The van der Waals surface area contributed by atoms with Gasteiger partial charge in [0.2, 0.25) is 0 Å². The first kappa shape index (κ1) is 16.7. The lowest BCUT2D eigenvalue weighted by Gasteiger charge is -2.18. The van der Waals surface area contributed by atoms with Crippen LogP contribution in [0.5, 0.6) is 17.2 Å². The van der Waals surface area contributed by atoms with Crippen LogP contribution < -0.4 is 19.9 Å². The number of aryl methyl sites for hydroxylation is 1. The molecule has 26 heavy (non-hydrogen) atoms. The standard InChI is InChI=1S/C20H23N3O3/c21-14-20-22-16-12-18-19(26-11-10-25-18)13-17(16)23(20)8-4-5-9-24-15-6-2-1-3-7-15/h1-3,6-7,12-13H,4-5,8-11,14,21H2. The Morgan fingerprint density at radius 1 is 1.04 bits per heavy atom. The summed E-state index contributed by atoms with van der Waals surface area (Å²) in [7, 11) is 0. The van der Waals surface area contributed by atoms with Crippen LogP contribution in [0.4, 0.5) is 0 Å². The Morgan fingerprint density at radius 2 is 1.81 bits per heavy atom. The Balaban J connectivity index is 1.43. The average molecular weight is 353 g/mol. The van der Waals surface area contributed by atoms with Gasteiger partial charge in [-0.1, -0.05) is 18.2 Å². The smallest absolute Gasteiger partial charge is 0.163 e. The molecule has 0 spiro atoms. The molecule has 0 unspecified atom stereocenters. The van der Waals surface area contributed by atoms with Gasteiger partial charge in [0.15, 0.2) is 11.5 Å². The highest BCUT2D eigenvalue weighted by Crippen LogP contribution is 2.34. The lowest BCUT2D eigenvalue weighted by atomic mass is 10.2.